The molecule has 0 amide bonds. The van der Waals surface area contributed by atoms with Gasteiger partial charge < -0.3 is 15.2 Å². The van der Waals surface area contributed by atoms with Gasteiger partial charge in [0, 0.05) is 37.3 Å². The van der Waals surface area contributed by atoms with E-state index in [1.807, 2.05) is 13.8 Å². The predicted octanol–water partition coefficient (Wildman–Crippen LogP) is 3.80. The van der Waals surface area contributed by atoms with E-state index in [9.17, 15) is 0 Å². The van der Waals surface area contributed by atoms with Crippen molar-refractivity contribution < 1.29 is 4.52 Å². The van der Waals surface area contributed by atoms with Gasteiger partial charge in [0.2, 0.25) is 0 Å². The molecule has 2 N–H and O–H groups in total. The van der Waals surface area contributed by atoms with Crippen molar-refractivity contribution >= 4 is 29.9 Å². The molecule has 0 aromatic carbocycles. The SMILES string of the molecule is CCNC(=NCCc1c(C)noc1C)NC1CCCN(C2CCCCC2)C1.I. The zero-order valence-corrected chi connectivity index (χ0v) is 20.1. The third-order valence-electron chi connectivity index (χ3n) is 6.04. The van der Waals surface area contributed by atoms with Crippen LogP contribution in [0.15, 0.2) is 9.52 Å². The summed E-state index contributed by atoms with van der Waals surface area (Å²) in [6.07, 6.45) is 10.4. The second kappa shape index (κ2) is 12.0. The maximum atomic E-state index is 5.26. The van der Waals surface area contributed by atoms with Gasteiger partial charge in [0.1, 0.15) is 5.76 Å². The van der Waals surface area contributed by atoms with Crippen LogP contribution in [-0.2, 0) is 6.42 Å². The van der Waals surface area contributed by atoms with E-state index in [1.54, 1.807) is 0 Å². The third-order valence-corrected chi connectivity index (χ3v) is 6.04. The lowest BCUT2D eigenvalue weighted by Gasteiger charge is -2.40. The predicted molar refractivity (Wildman–Crippen MR) is 126 cm³/mol. The van der Waals surface area contributed by atoms with Gasteiger partial charge in [-0.25, -0.2) is 0 Å². The molecular weight excluding hydrogens is 465 g/mol. The van der Waals surface area contributed by atoms with E-state index in [0.717, 1.165) is 49.5 Å². The Bertz CT molecular complexity index is 592. The van der Waals surface area contributed by atoms with Crippen LogP contribution < -0.4 is 10.6 Å². The maximum absolute atomic E-state index is 5.26. The van der Waals surface area contributed by atoms with Crippen molar-refractivity contribution in [3.8, 4) is 0 Å². The molecule has 1 aliphatic heterocycles. The van der Waals surface area contributed by atoms with Crippen molar-refractivity contribution in [3.05, 3.63) is 17.0 Å². The Morgan fingerprint density at radius 3 is 2.64 bits per heavy atom. The van der Waals surface area contributed by atoms with Crippen LogP contribution in [0.25, 0.3) is 0 Å². The van der Waals surface area contributed by atoms with Crippen LogP contribution in [-0.4, -0.2) is 54.3 Å². The molecule has 160 valence electrons. The van der Waals surface area contributed by atoms with Gasteiger partial charge in [0.25, 0.3) is 0 Å². The Morgan fingerprint density at radius 2 is 1.96 bits per heavy atom. The first-order valence-electron chi connectivity index (χ1n) is 10.9. The lowest BCUT2D eigenvalue weighted by atomic mass is 9.92. The van der Waals surface area contributed by atoms with E-state index in [2.05, 4.69) is 27.6 Å². The van der Waals surface area contributed by atoms with Crippen LogP contribution in [0.4, 0.5) is 0 Å². The first kappa shape index (κ1) is 23.4. The standard InChI is InChI=1S/C21H37N5O.HI/c1-4-22-21(23-13-12-20-16(2)25-27-17(20)3)24-18-9-8-14-26(15-18)19-10-6-5-7-11-19;/h18-19H,4-15H2,1-3H3,(H2,22,23,24);1H. The minimum Gasteiger partial charge on any atom is -0.361 e. The van der Waals surface area contributed by atoms with Gasteiger partial charge in [-0.05, 0) is 59.4 Å². The Morgan fingerprint density at radius 1 is 1.18 bits per heavy atom. The van der Waals surface area contributed by atoms with Gasteiger partial charge in [0.05, 0.1) is 5.69 Å². The summed E-state index contributed by atoms with van der Waals surface area (Å²) in [6.45, 7) is 10.2. The second-order valence-electron chi connectivity index (χ2n) is 8.08. The van der Waals surface area contributed by atoms with Crippen LogP contribution in [0.5, 0.6) is 0 Å². The number of aromatic nitrogens is 1. The van der Waals surface area contributed by atoms with Crippen LogP contribution in [0, 0.1) is 13.8 Å². The fraction of sp³-hybridized carbons (Fsp3) is 0.810. The van der Waals surface area contributed by atoms with Gasteiger partial charge in [-0.3, -0.25) is 9.89 Å². The highest BCUT2D eigenvalue weighted by atomic mass is 127. The lowest BCUT2D eigenvalue weighted by Crippen LogP contribution is -2.53. The molecule has 3 rings (SSSR count). The monoisotopic (exact) mass is 503 g/mol. The number of nitrogens with one attached hydrogen (secondary N) is 2. The molecule has 1 aromatic rings. The maximum Gasteiger partial charge on any atom is 0.191 e. The second-order valence-corrected chi connectivity index (χ2v) is 8.08. The number of hydrogen-bond donors (Lipinski definition) is 2. The van der Waals surface area contributed by atoms with Crippen LogP contribution in [0.2, 0.25) is 0 Å². The number of hydrogen-bond acceptors (Lipinski definition) is 4. The Kier molecular flexibility index (Phi) is 10.0. The number of piperidine rings is 1. The van der Waals surface area contributed by atoms with Gasteiger partial charge in [-0.2, -0.15) is 0 Å². The minimum absolute atomic E-state index is 0. The Labute approximate surface area is 187 Å². The molecule has 0 bridgehead atoms. The largest absolute Gasteiger partial charge is 0.361 e. The molecule has 1 saturated heterocycles. The summed E-state index contributed by atoms with van der Waals surface area (Å²) in [7, 11) is 0. The summed E-state index contributed by atoms with van der Waals surface area (Å²) < 4.78 is 5.26. The Hall–Kier alpha value is -0.830. The highest BCUT2D eigenvalue weighted by Gasteiger charge is 2.27. The quantitative estimate of drug-likeness (QED) is 0.351. The minimum atomic E-state index is 0. The molecule has 28 heavy (non-hydrogen) atoms. The van der Waals surface area contributed by atoms with Crippen LogP contribution in [0.3, 0.4) is 0 Å². The van der Waals surface area contributed by atoms with Crippen molar-refractivity contribution in [2.75, 3.05) is 26.2 Å². The summed E-state index contributed by atoms with van der Waals surface area (Å²) in [4.78, 5) is 7.54. The molecule has 2 aliphatic rings. The van der Waals surface area contributed by atoms with Crippen molar-refractivity contribution in [1.29, 1.82) is 0 Å². The number of nitrogens with zero attached hydrogens (tertiary/aromatic N) is 3. The fourth-order valence-corrected chi connectivity index (χ4v) is 4.55. The first-order chi connectivity index (χ1) is 13.2. The van der Waals surface area contributed by atoms with E-state index < -0.39 is 0 Å². The third kappa shape index (κ3) is 6.61. The van der Waals surface area contributed by atoms with Crippen molar-refractivity contribution in [2.45, 2.75) is 84.2 Å². The molecule has 0 radical (unpaired) electrons. The fourth-order valence-electron chi connectivity index (χ4n) is 4.55. The van der Waals surface area contributed by atoms with E-state index in [4.69, 9.17) is 9.52 Å². The molecule has 1 aromatic heterocycles. The first-order valence-corrected chi connectivity index (χ1v) is 10.9. The number of guanidine groups is 1. The summed E-state index contributed by atoms with van der Waals surface area (Å²) >= 11 is 0. The summed E-state index contributed by atoms with van der Waals surface area (Å²) in [6, 6.07) is 1.31. The summed E-state index contributed by atoms with van der Waals surface area (Å²) in [5.41, 5.74) is 2.17. The lowest BCUT2D eigenvalue weighted by molar-refractivity contribution is 0.115. The van der Waals surface area contributed by atoms with Crippen molar-refractivity contribution in [1.82, 2.24) is 20.7 Å². The van der Waals surface area contributed by atoms with E-state index in [-0.39, 0.29) is 24.0 Å². The molecule has 2 heterocycles. The highest BCUT2D eigenvalue weighted by Crippen LogP contribution is 2.25. The molecule has 0 spiro atoms. The molecule has 7 heteroatoms. The van der Waals surface area contributed by atoms with E-state index in [0.29, 0.717) is 6.04 Å². The molecule has 1 unspecified atom stereocenters. The number of likely N-dealkylation sites (tertiary alicyclic amines) is 1. The Balaban J connectivity index is 0.00000280. The van der Waals surface area contributed by atoms with Crippen LogP contribution >= 0.6 is 24.0 Å². The van der Waals surface area contributed by atoms with E-state index in [1.165, 1.54) is 57.1 Å². The zero-order chi connectivity index (χ0) is 19.1. The average molecular weight is 503 g/mol. The topological polar surface area (TPSA) is 65.7 Å². The number of aryl methyl sites for hydroxylation is 2. The van der Waals surface area contributed by atoms with Gasteiger partial charge >= 0.3 is 0 Å². The van der Waals surface area contributed by atoms with Gasteiger partial charge in [0.15, 0.2) is 5.96 Å². The van der Waals surface area contributed by atoms with Gasteiger partial charge in [-0.15, -0.1) is 24.0 Å². The highest BCUT2D eigenvalue weighted by molar-refractivity contribution is 14.0. The average Bonchev–Trinajstić information content (AvgIpc) is 3.01. The number of aliphatic imine (C=N–C) groups is 1. The molecule has 2 fully saturated rings. The van der Waals surface area contributed by atoms with Gasteiger partial charge in [-0.1, -0.05) is 24.4 Å². The number of halogens is 1. The van der Waals surface area contributed by atoms with E-state index >= 15 is 0 Å². The molecular formula is C21H38IN5O. The van der Waals surface area contributed by atoms with Crippen molar-refractivity contribution in [2.24, 2.45) is 4.99 Å². The zero-order valence-electron chi connectivity index (χ0n) is 17.8. The normalized spacial score (nSPS) is 22.0. The van der Waals surface area contributed by atoms with Crippen LogP contribution in [0.1, 0.15) is 68.9 Å². The smallest absolute Gasteiger partial charge is 0.191 e. The molecule has 1 saturated carbocycles. The summed E-state index contributed by atoms with van der Waals surface area (Å²) in [5, 5.41) is 11.1. The molecule has 1 aliphatic carbocycles. The number of rotatable bonds is 6. The van der Waals surface area contributed by atoms with Crippen molar-refractivity contribution in [3.63, 3.8) is 0 Å². The molecule has 1 atom stereocenters. The molecule has 6 nitrogen and oxygen atoms in total. The summed E-state index contributed by atoms with van der Waals surface area (Å²) in [5.74, 6) is 1.86.